The Morgan fingerprint density at radius 1 is 1.17 bits per heavy atom. The highest BCUT2D eigenvalue weighted by atomic mass is 16.5. The van der Waals surface area contributed by atoms with Gasteiger partial charge >= 0.3 is 12.1 Å². The summed E-state index contributed by atoms with van der Waals surface area (Å²) in [7, 11) is 0. The number of carboxylic acids is 1. The van der Waals surface area contributed by atoms with Crippen LogP contribution in [0.4, 0.5) is 10.5 Å². The molecular formula is C17H18N2O5. The van der Waals surface area contributed by atoms with E-state index in [-0.39, 0.29) is 12.3 Å². The fourth-order valence-corrected chi connectivity index (χ4v) is 2.20. The van der Waals surface area contributed by atoms with Crippen LogP contribution in [0.2, 0.25) is 0 Å². The topological polar surface area (TPSA) is 97.6 Å². The number of nitrogens with zero attached hydrogens (tertiary/aromatic N) is 1. The third-order valence-electron chi connectivity index (χ3n) is 3.37. The van der Waals surface area contributed by atoms with Gasteiger partial charge in [-0.1, -0.05) is 37.3 Å². The van der Waals surface area contributed by atoms with E-state index >= 15 is 0 Å². The Hall–Kier alpha value is -3.09. The van der Waals surface area contributed by atoms with E-state index in [1.54, 1.807) is 6.07 Å². The second-order valence-corrected chi connectivity index (χ2v) is 5.06. The molecule has 0 spiro atoms. The van der Waals surface area contributed by atoms with Crippen molar-refractivity contribution in [2.24, 2.45) is 0 Å². The van der Waals surface area contributed by atoms with Crippen LogP contribution in [0.1, 0.15) is 18.2 Å². The van der Waals surface area contributed by atoms with Crippen molar-refractivity contribution in [3.63, 3.8) is 0 Å². The number of nitrogens with one attached hydrogen (secondary N) is 1. The molecule has 0 atom stereocenters. The van der Waals surface area contributed by atoms with Gasteiger partial charge in [0.05, 0.1) is 0 Å². The molecule has 2 rings (SSSR count). The van der Waals surface area contributed by atoms with Crippen LogP contribution in [-0.4, -0.2) is 21.7 Å². The number of hydrogen-bond donors (Lipinski definition) is 2. The number of pyridine rings is 1. The van der Waals surface area contributed by atoms with Crippen molar-refractivity contribution in [2.45, 2.75) is 26.5 Å². The van der Waals surface area contributed by atoms with E-state index in [9.17, 15) is 14.4 Å². The van der Waals surface area contributed by atoms with Gasteiger partial charge in [-0.3, -0.25) is 19.5 Å². The van der Waals surface area contributed by atoms with E-state index < -0.39 is 24.2 Å². The molecule has 126 valence electrons. The predicted octanol–water partition coefficient (Wildman–Crippen LogP) is 2.24. The molecule has 1 heterocycles. The number of hydrogen-bond acceptors (Lipinski definition) is 4. The number of carbonyl (C=O) groups is 2. The lowest BCUT2D eigenvalue weighted by molar-refractivity contribution is -0.137. The third-order valence-corrected chi connectivity index (χ3v) is 3.37. The number of ether oxygens (including phenoxy) is 1. The van der Waals surface area contributed by atoms with Crippen molar-refractivity contribution in [3.05, 3.63) is 64.1 Å². The maximum Gasteiger partial charge on any atom is 0.412 e. The van der Waals surface area contributed by atoms with Crippen LogP contribution in [0, 0.1) is 0 Å². The van der Waals surface area contributed by atoms with Gasteiger partial charge in [0, 0.05) is 5.69 Å². The highest BCUT2D eigenvalue weighted by Crippen LogP contribution is 2.07. The van der Waals surface area contributed by atoms with Crippen molar-refractivity contribution in [1.82, 2.24) is 4.57 Å². The third kappa shape index (κ3) is 4.45. The summed E-state index contributed by atoms with van der Waals surface area (Å²) in [5, 5.41) is 11.3. The summed E-state index contributed by atoms with van der Waals surface area (Å²) in [4.78, 5) is 35.1. The molecule has 1 aromatic heterocycles. The van der Waals surface area contributed by atoms with Gasteiger partial charge in [-0.15, -0.1) is 0 Å². The second-order valence-electron chi connectivity index (χ2n) is 5.06. The Bertz CT molecular complexity index is 783. The highest BCUT2D eigenvalue weighted by Gasteiger charge is 2.13. The largest absolute Gasteiger partial charge is 0.480 e. The molecule has 1 amide bonds. The minimum absolute atomic E-state index is 0.0217. The standard InChI is InChI=1S/C17H18N2O5/c1-2-13-8-9-14(16(22)19(13)10-15(20)21)18-17(23)24-11-12-6-4-3-5-7-12/h3-9H,2,10-11H2,1H3,(H,18,23)(H,20,21). The number of aliphatic carboxylic acids is 1. The molecule has 7 nitrogen and oxygen atoms in total. The Balaban J connectivity index is 2.10. The van der Waals surface area contributed by atoms with Crippen LogP contribution >= 0.6 is 0 Å². The van der Waals surface area contributed by atoms with Crippen LogP contribution in [0.15, 0.2) is 47.3 Å². The Labute approximate surface area is 138 Å². The van der Waals surface area contributed by atoms with E-state index in [2.05, 4.69) is 5.32 Å². The first kappa shape index (κ1) is 17.3. The molecule has 0 saturated carbocycles. The van der Waals surface area contributed by atoms with E-state index in [1.807, 2.05) is 37.3 Å². The van der Waals surface area contributed by atoms with E-state index in [1.165, 1.54) is 6.07 Å². The molecule has 0 bridgehead atoms. The van der Waals surface area contributed by atoms with Gasteiger partial charge in [0.2, 0.25) is 0 Å². The van der Waals surface area contributed by atoms with E-state index in [0.717, 1.165) is 10.1 Å². The smallest absolute Gasteiger partial charge is 0.412 e. The Morgan fingerprint density at radius 2 is 1.88 bits per heavy atom. The molecule has 2 aromatic rings. The van der Waals surface area contributed by atoms with Crippen LogP contribution in [0.5, 0.6) is 0 Å². The fourth-order valence-electron chi connectivity index (χ4n) is 2.20. The molecule has 24 heavy (non-hydrogen) atoms. The molecule has 0 aliphatic rings. The van der Waals surface area contributed by atoms with Crippen LogP contribution < -0.4 is 10.9 Å². The van der Waals surface area contributed by atoms with Crippen molar-refractivity contribution in [3.8, 4) is 0 Å². The molecule has 7 heteroatoms. The summed E-state index contributed by atoms with van der Waals surface area (Å²) in [5.74, 6) is -1.13. The lowest BCUT2D eigenvalue weighted by Crippen LogP contribution is -2.30. The number of aryl methyl sites for hydroxylation is 1. The second kappa shape index (κ2) is 7.96. The molecule has 1 aromatic carbocycles. The Morgan fingerprint density at radius 3 is 2.50 bits per heavy atom. The maximum atomic E-state index is 12.3. The van der Waals surface area contributed by atoms with Gasteiger partial charge in [-0.05, 0) is 24.1 Å². The zero-order chi connectivity index (χ0) is 17.5. The number of aromatic nitrogens is 1. The van der Waals surface area contributed by atoms with Gasteiger partial charge in [0.1, 0.15) is 18.8 Å². The van der Waals surface area contributed by atoms with Gasteiger partial charge in [-0.2, -0.15) is 0 Å². The van der Waals surface area contributed by atoms with Gasteiger partial charge in [0.25, 0.3) is 5.56 Å². The summed E-state index contributed by atoms with van der Waals surface area (Å²) in [6.07, 6.45) is -0.275. The predicted molar refractivity (Wildman–Crippen MR) is 88.0 cm³/mol. The van der Waals surface area contributed by atoms with E-state index in [0.29, 0.717) is 12.1 Å². The van der Waals surface area contributed by atoms with Gasteiger partial charge in [0.15, 0.2) is 0 Å². The first-order valence-corrected chi connectivity index (χ1v) is 7.43. The summed E-state index contributed by atoms with van der Waals surface area (Å²) in [6, 6.07) is 12.2. The van der Waals surface area contributed by atoms with Crippen LogP contribution in [0.25, 0.3) is 0 Å². The number of carboxylic acid groups (broad SMARTS) is 1. The van der Waals surface area contributed by atoms with Crippen LogP contribution in [0.3, 0.4) is 0 Å². The molecule has 0 aliphatic heterocycles. The first-order chi connectivity index (χ1) is 11.5. The molecule has 2 N–H and O–H groups in total. The monoisotopic (exact) mass is 330 g/mol. The van der Waals surface area contributed by atoms with Crippen molar-refractivity contribution in [2.75, 3.05) is 5.32 Å². The minimum Gasteiger partial charge on any atom is -0.480 e. The average Bonchev–Trinajstić information content (AvgIpc) is 2.57. The number of benzene rings is 1. The molecule has 0 aliphatic carbocycles. The van der Waals surface area contributed by atoms with Crippen molar-refractivity contribution < 1.29 is 19.4 Å². The molecule has 0 radical (unpaired) electrons. The van der Waals surface area contributed by atoms with Crippen molar-refractivity contribution >= 4 is 17.7 Å². The first-order valence-electron chi connectivity index (χ1n) is 7.43. The number of rotatable bonds is 6. The summed E-state index contributed by atoms with van der Waals surface area (Å²) in [5.41, 5.74) is 0.794. The van der Waals surface area contributed by atoms with E-state index in [4.69, 9.17) is 9.84 Å². The molecule has 0 saturated heterocycles. The lowest BCUT2D eigenvalue weighted by Gasteiger charge is -2.12. The summed E-state index contributed by atoms with van der Waals surface area (Å²) < 4.78 is 6.17. The van der Waals surface area contributed by atoms with Crippen molar-refractivity contribution in [1.29, 1.82) is 0 Å². The van der Waals surface area contributed by atoms with Crippen LogP contribution in [-0.2, 0) is 29.1 Å². The van der Waals surface area contributed by atoms with Gasteiger partial charge < -0.3 is 9.84 Å². The summed E-state index contributed by atoms with van der Waals surface area (Å²) in [6.45, 7) is 1.42. The SMILES string of the molecule is CCc1ccc(NC(=O)OCc2ccccc2)c(=O)n1CC(=O)O. The zero-order valence-electron chi connectivity index (χ0n) is 13.2. The summed E-state index contributed by atoms with van der Waals surface area (Å²) >= 11 is 0. The molecule has 0 fully saturated rings. The van der Waals surface area contributed by atoms with Gasteiger partial charge in [-0.25, -0.2) is 4.79 Å². The normalized spacial score (nSPS) is 10.2. The average molecular weight is 330 g/mol. The maximum absolute atomic E-state index is 12.3. The lowest BCUT2D eigenvalue weighted by atomic mass is 10.2. The Kier molecular flexibility index (Phi) is 5.73. The molecule has 0 unspecified atom stereocenters. The zero-order valence-corrected chi connectivity index (χ0v) is 13.2. The molecular weight excluding hydrogens is 312 g/mol. The number of anilines is 1. The minimum atomic E-state index is -1.13. The number of carbonyl (C=O) groups excluding carboxylic acids is 1. The highest BCUT2D eigenvalue weighted by molar-refractivity contribution is 5.84. The quantitative estimate of drug-likeness (QED) is 0.846. The fraction of sp³-hybridized carbons (Fsp3) is 0.235. The number of amides is 1.